The fourth-order valence-corrected chi connectivity index (χ4v) is 2.70. The minimum absolute atomic E-state index is 0.698. The summed E-state index contributed by atoms with van der Waals surface area (Å²) < 4.78 is 0. The highest BCUT2D eigenvalue weighted by Crippen LogP contribution is 2.14. The van der Waals surface area contributed by atoms with Gasteiger partial charge >= 0.3 is 0 Å². The van der Waals surface area contributed by atoms with Gasteiger partial charge in [0.25, 0.3) is 0 Å². The summed E-state index contributed by atoms with van der Waals surface area (Å²) in [7, 11) is 0. The Hall–Kier alpha value is -0.120. The molecule has 108 valence electrons. The summed E-state index contributed by atoms with van der Waals surface area (Å²) in [6.45, 7) is 18.8. The largest absolute Gasteiger partial charge is 0.316 e. The lowest BCUT2D eigenvalue weighted by atomic mass is 10.0. The van der Waals surface area contributed by atoms with Crippen LogP contribution in [0.5, 0.6) is 0 Å². The normalized spacial score (nSPS) is 22.3. The molecule has 0 aromatic heterocycles. The maximum atomic E-state index is 3.54. The molecule has 1 N–H and O–H groups in total. The van der Waals surface area contributed by atoms with Crippen LogP contribution in [-0.2, 0) is 0 Å². The summed E-state index contributed by atoms with van der Waals surface area (Å²) in [5, 5.41) is 3.54. The number of piperazine rings is 1. The number of hydrogen-bond donors (Lipinski definition) is 1. The maximum absolute atomic E-state index is 3.54. The van der Waals surface area contributed by atoms with E-state index in [4.69, 9.17) is 0 Å². The first-order valence-corrected chi connectivity index (χ1v) is 7.75. The lowest BCUT2D eigenvalue weighted by Gasteiger charge is -2.41. The molecule has 0 aromatic rings. The van der Waals surface area contributed by atoms with E-state index in [1.807, 2.05) is 0 Å². The molecule has 0 aromatic carbocycles. The SMILES string of the molecule is CCCNCC(C)C(C)N1CCN(C(C)C)CC1. The van der Waals surface area contributed by atoms with Gasteiger partial charge in [0, 0.05) is 38.3 Å². The van der Waals surface area contributed by atoms with E-state index in [1.54, 1.807) is 0 Å². The van der Waals surface area contributed by atoms with Crippen molar-refractivity contribution in [1.29, 1.82) is 0 Å². The molecule has 1 heterocycles. The fraction of sp³-hybridized carbons (Fsp3) is 1.00. The zero-order valence-electron chi connectivity index (χ0n) is 13.1. The second kappa shape index (κ2) is 8.13. The number of nitrogens with one attached hydrogen (secondary N) is 1. The van der Waals surface area contributed by atoms with E-state index < -0.39 is 0 Å². The summed E-state index contributed by atoms with van der Waals surface area (Å²) in [6, 6.07) is 1.40. The Morgan fingerprint density at radius 2 is 1.50 bits per heavy atom. The molecule has 1 aliphatic rings. The van der Waals surface area contributed by atoms with Crippen LogP contribution < -0.4 is 5.32 Å². The molecule has 2 unspecified atom stereocenters. The van der Waals surface area contributed by atoms with Crippen molar-refractivity contribution < 1.29 is 0 Å². The Morgan fingerprint density at radius 1 is 0.944 bits per heavy atom. The molecule has 1 rings (SSSR count). The molecule has 1 aliphatic heterocycles. The molecule has 18 heavy (non-hydrogen) atoms. The van der Waals surface area contributed by atoms with E-state index in [-0.39, 0.29) is 0 Å². The van der Waals surface area contributed by atoms with Crippen molar-refractivity contribution in [3.63, 3.8) is 0 Å². The Morgan fingerprint density at radius 3 is 2.00 bits per heavy atom. The average Bonchev–Trinajstić information content (AvgIpc) is 2.38. The smallest absolute Gasteiger partial charge is 0.0113 e. The van der Waals surface area contributed by atoms with Gasteiger partial charge in [-0.1, -0.05) is 13.8 Å². The van der Waals surface area contributed by atoms with Gasteiger partial charge in [0.2, 0.25) is 0 Å². The Balaban J connectivity index is 2.28. The third kappa shape index (κ3) is 4.87. The van der Waals surface area contributed by atoms with E-state index in [1.165, 1.54) is 32.6 Å². The summed E-state index contributed by atoms with van der Waals surface area (Å²) in [6.07, 6.45) is 1.23. The van der Waals surface area contributed by atoms with Gasteiger partial charge in [-0.15, -0.1) is 0 Å². The van der Waals surface area contributed by atoms with Gasteiger partial charge in [0.1, 0.15) is 0 Å². The second-order valence-corrected chi connectivity index (χ2v) is 6.09. The van der Waals surface area contributed by atoms with Crippen LogP contribution in [0.3, 0.4) is 0 Å². The topological polar surface area (TPSA) is 18.5 Å². The third-order valence-corrected chi connectivity index (χ3v) is 4.37. The highest BCUT2D eigenvalue weighted by molar-refractivity contribution is 4.81. The lowest BCUT2D eigenvalue weighted by molar-refractivity contribution is 0.0656. The second-order valence-electron chi connectivity index (χ2n) is 6.09. The molecule has 2 atom stereocenters. The van der Waals surface area contributed by atoms with Crippen LogP contribution in [0, 0.1) is 5.92 Å². The van der Waals surface area contributed by atoms with Gasteiger partial charge in [-0.2, -0.15) is 0 Å². The van der Waals surface area contributed by atoms with E-state index in [9.17, 15) is 0 Å². The Labute approximate surface area is 114 Å². The summed E-state index contributed by atoms with van der Waals surface area (Å²) in [5.41, 5.74) is 0. The molecule has 0 saturated carbocycles. The lowest BCUT2D eigenvalue weighted by Crippen LogP contribution is -2.53. The quantitative estimate of drug-likeness (QED) is 0.702. The average molecular weight is 255 g/mol. The van der Waals surface area contributed by atoms with Crippen LogP contribution in [-0.4, -0.2) is 61.2 Å². The molecular formula is C15H33N3. The van der Waals surface area contributed by atoms with Crippen molar-refractivity contribution in [3.05, 3.63) is 0 Å². The zero-order chi connectivity index (χ0) is 13.5. The predicted molar refractivity (Wildman–Crippen MR) is 80.1 cm³/mol. The van der Waals surface area contributed by atoms with Gasteiger partial charge in [0.05, 0.1) is 0 Å². The summed E-state index contributed by atoms with van der Waals surface area (Å²) in [4.78, 5) is 5.25. The summed E-state index contributed by atoms with van der Waals surface area (Å²) in [5.74, 6) is 0.738. The van der Waals surface area contributed by atoms with Crippen molar-refractivity contribution in [2.75, 3.05) is 39.3 Å². The monoisotopic (exact) mass is 255 g/mol. The first kappa shape index (κ1) is 15.9. The number of nitrogens with zero attached hydrogens (tertiary/aromatic N) is 2. The highest BCUT2D eigenvalue weighted by Gasteiger charge is 2.25. The van der Waals surface area contributed by atoms with Crippen molar-refractivity contribution in [2.45, 2.75) is 53.1 Å². The zero-order valence-corrected chi connectivity index (χ0v) is 13.1. The van der Waals surface area contributed by atoms with Crippen LogP contribution in [0.2, 0.25) is 0 Å². The van der Waals surface area contributed by atoms with E-state index >= 15 is 0 Å². The molecular weight excluding hydrogens is 222 g/mol. The van der Waals surface area contributed by atoms with Crippen LogP contribution in [0.25, 0.3) is 0 Å². The van der Waals surface area contributed by atoms with Crippen molar-refractivity contribution in [3.8, 4) is 0 Å². The van der Waals surface area contributed by atoms with Gasteiger partial charge in [-0.3, -0.25) is 9.80 Å². The Bertz CT molecular complexity index is 210. The van der Waals surface area contributed by atoms with Gasteiger partial charge in [-0.05, 0) is 46.2 Å². The van der Waals surface area contributed by atoms with E-state index in [2.05, 4.69) is 49.7 Å². The van der Waals surface area contributed by atoms with Gasteiger partial charge < -0.3 is 5.32 Å². The van der Waals surface area contributed by atoms with Gasteiger partial charge in [0.15, 0.2) is 0 Å². The van der Waals surface area contributed by atoms with Crippen molar-refractivity contribution in [1.82, 2.24) is 15.1 Å². The Kier molecular flexibility index (Phi) is 7.20. The third-order valence-electron chi connectivity index (χ3n) is 4.37. The predicted octanol–water partition coefficient (Wildman–Crippen LogP) is 2.04. The first-order chi connectivity index (χ1) is 8.56. The van der Waals surface area contributed by atoms with Crippen LogP contribution in [0.4, 0.5) is 0 Å². The molecule has 0 bridgehead atoms. The molecule has 0 amide bonds. The molecule has 3 heteroatoms. The van der Waals surface area contributed by atoms with E-state index in [0.717, 1.165) is 19.0 Å². The van der Waals surface area contributed by atoms with Crippen LogP contribution in [0.1, 0.15) is 41.0 Å². The number of rotatable bonds is 7. The fourth-order valence-electron chi connectivity index (χ4n) is 2.70. The molecule has 0 spiro atoms. The molecule has 0 aliphatic carbocycles. The molecule has 1 saturated heterocycles. The van der Waals surface area contributed by atoms with Crippen LogP contribution in [0.15, 0.2) is 0 Å². The first-order valence-electron chi connectivity index (χ1n) is 7.75. The number of hydrogen-bond acceptors (Lipinski definition) is 3. The minimum Gasteiger partial charge on any atom is -0.316 e. The van der Waals surface area contributed by atoms with E-state index in [0.29, 0.717) is 12.1 Å². The highest BCUT2D eigenvalue weighted by atomic mass is 15.3. The van der Waals surface area contributed by atoms with Crippen molar-refractivity contribution in [2.24, 2.45) is 5.92 Å². The van der Waals surface area contributed by atoms with Crippen molar-refractivity contribution >= 4 is 0 Å². The molecule has 1 fully saturated rings. The van der Waals surface area contributed by atoms with Crippen LogP contribution >= 0.6 is 0 Å². The minimum atomic E-state index is 0.698. The maximum Gasteiger partial charge on any atom is 0.0113 e. The standard InChI is InChI=1S/C15H33N3/c1-6-7-16-12-14(4)15(5)18-10-8-17(9-11-18)13(2)3/h13-16H,6-12H2,1-5H3. The molecule has 0 radical (unpaired) electrons. The van der Waals surface area contributed by atoms with Gasteiger partial charge in [-0.25, -0.2) is 0 Å². The molecule has 3 nitrogen and oxygen atoms in total. The summed E-state index contributed by atoms with van der Waals surface area (Å²) >= 11 is 0.